The lowest BCUT2D eigenvalue weighted by atomic mass is 9.97. The van der Waals surface area contributed by atoms with Crippen molar-refractivity contribution < 1.29 is 9.90 Å². The average molecular weight is 275 g/mol. The molecule has 0 fully saturated rings. The monoisotopic (exact) mass is 274 g/mol. The third kappa shape index (κ3) is 3.83. The minimum Gasteiger partial charge on any atom is -0.481 e. The molecule has 0 unspecified atom stereocenters. The number of hydrogen-bond donors (Lipinski definition) is 1. The summed E-state index contributed by atoms with van der Waals surface area (Å²) in [6.45, 7) is 2.00. The van der Waals surface area contributed by atoms with Crippen molar-refractivity contribution in [2.45, 2.75) is 19.8 Å². The molecule has 0 aromatic heterocycles. The molecule has 98 valence electrons. The molecule has 0 atom stereocenters. The highest BCUT2D eigenvalue weighted by molar-refractivity contribution is 6.30. The Balaban J connectivity index is 2.29. The van der Waals surface area contributed by atoms with Gasteiger partial charge in [-0.25, -0.2) is 0 Å². The van der Waals surface area contributed by atoms with E-state index in [0.29, 0.717) is 11.4 Å². The summed E-state index contributed by atoms with van der Waals surface area (Å²) in [5.41, 5.74) is 4.10. The molecule has 0 bridgehead atoms. The van der Waals surface area contributed by atoms with Crippen LogP contribution in [0.15, 0.2) is 42.5 Å². The van der Waals surface area contributed by atoms with Gasteiger partial charge in [0.1, 0.15) is 0 Å². The van der Waals surface area contributed by atoms with Gasteiger partial charge in [0.15, 0.2) is 0 Å². The fourth-order valence-corrected chi connectivity index (χ4v) is 2.51. The number of rotatable bonds is 4. The van der Waals surface area contributed by atoms with Crippen LogP contribution in [0.5, 0.6) is 0 Å². The van der Waals surface area contributed by atoms with Crippen LogP contribution in [-0.4, -0.2) is 11.1 Å². The van der Waals surface area contributed by atoms with Crippen molar-refractivity contribution in [3.05, 3.63) is 69.7 Å². The predicted octanol–water partition coefficient (Wildman–Crippen LogP) is 3.87. The van der Waals surface area contributed by atoms with Gasteiger partial charge in [0, 0.05) is 5.02 Å². The summed E-state index contributed by atoms with van der Waals surface area (Å²) >= 11 is 6.05. The molecule has 0 radical (unpaired) electrons. The fourth-order valence-electron chi connectivity index (χ4n) is 2.20. The van der Waals surface area contributed by atoms with Gasteiger partial charge in [0.2, 0.25) is 0 Å². The Hall–Kier alpha value is -1.80. The molecule has 0 amide bonds. The Kier molecular flexibility index (Phi) is 4.23. The third-order valence-electron chi connectivity index (χ3n) is 2.96. The maximum absolute atomic E-state index is 10.9. The van der Waals surface area contributed by atoms with Gasteiger partial charge < -0.3 is 5.11 Å². The third-order valence-corrected chi connectivity index (χ3v) is 3.17. The minimum absolute atomic E-state index is 0.0513. The number of carboxylic acids is 1. The quantitative estimate of drug-likeness (QED) is 0.919. The van der Waals surface area contributed by atoms with E-state index in [-0.39, 0.29) is 6.42 Å². The first-order valence-corrected chi connectivity index (χ1v) is 6.47. The largest absolute Gasteiger partial charge is 0.481 e. The SMILES string of the molecule is Cc1cc(Cl)cc(Cc2ccccc2CC(=O)O)c1. The van der Waals surface area contributed by atoms with E-state index in [1.807, 2.05) is 43.3 Å². The van der Waals surface area contributed by atoms with Gasteiger partial charge in [-0.15, -0.1) is 0 Å². The van der Waals surface area contributed by atoms with Crippen LogP contribution in [0.3, 0.4) is 0 Å². The van der Waals surface area contributed by atoms with Crippen molar-refractivity contribution in [1.82, 2.24) is 0 Å². The Bertz CT molecular complexity index is 585. The topological polar surface area (TPSA) is 37.3 Å². The normalized spacial score (nSPS) is 10.4. The zero-order chi connectivity index (χ0) is 13.8. The zero-order valence-corrected chi connectivity index (χ0v) is 11.4. The second-order valence-electron chi connectivity index (χ2n) is 4.65. The molecule has 0 spiro atoms. The predicted molar refractivity (Wildman–Crippen MR) is 76.8 cm³/mol. The van der Waals surface area contributed by atoms with E-state index in [1.54, 1.807) is 0 Å². The maximum atomic E-state index is 10.9. The van der Waals surface area contributed by atoms with Crippen LogP contribution in [0.2, 0.25) is 5.02 Å². The second-order valence-corrected chi connectivity index (χ2v) is 5.09. The smallest absolute Gasteiger partial charge is 0.307 e. The minimum atomic E-state index is -0.810. The summed E-state index contributed by atoms with van der Waals surface area (Å²) < 4.78 is 0. The molecular weight excluding hydrogens is 260 g/mol. The standard InChI is InChI=1S/C16H15ClO2/c1-11-6-12(9-15(17)7-11)8-13-4-2-3-5-14(13)10-16(18)19/h2-7,9H,8,10H2,1H3,(H,18,19). The number of hydrogen-bond acceptors (Lipinski definition) is 1. The first kappa shape index (κ1) is 13.6. The highest BCUT2D eigenvalue weighted by atomic mass is 35.5. The Morgan fingerprint density at radius 1 is 1.16 bits per heavy atom. The first-order valence-electron chi connectivity index (χ1n) is 6.09. The molecule has 2 aromatic rings. The first-order chi connectivity index (χ1) is 9.04. The molecule has 19 heavy (non-hydrogen) atoms. The van der Waals surface area contributed by atoms with E-state index >= 15 is 0 Å². The summed E-state index contributed by atoms with van der Waals surface area (Å²) in [7, 11) is 0. The highest BCUT2D eigenvalue weighted by Gasteiger charge is 2.07. The van der Waals surface area contributed by atoms with E-state index in [0.717, 1.165) is 22.3 Å². The molecule has 1 N–H and O–H groups in total. The lowest BCUT2D eigenvalue weighted by Crippen LogP contribution is -2.04. The molecule has 2 nitrogen and oxygen atoms in total. The van der Waals surface area contributed by atoms with Gasteiger partial charge in [-0.2, -0.15) is 0 Å². The fraction of sp³-hybridized carbons (Fsp3) is 0.188. The summed E-state index contributed by atoms with van der Waals surface area (Å²) in [6.07, 6.45) is 0.751. The van der Waals surface area contributed by atoms with Gasteiger partial charge in [-0.3, -0.25) is 4.79 Å². The maximum Gasteiger partial charge on any atom is 0.307 e. The lowest BCUT2D eigenvalue weighted by molar-refractivity contribution is -0.136. The van der Waals surface area contributed by atoms with Crippen molar-refractivity contribution >= 4 is 17.6 Å². The van der Waals surface area contributed by atoms with Crippen LogP contribution < -0.4 is 0 Å². The molecule has 2 aromatic carbocycles. The molecule has 0 aliphatic heterocycles. The van der Waals surface area contributed by atoms with Gasteiger partial charge in [-0.1, -0.05) is 41.9 Å². The van der Waals surface area contributed by atoms with Gasteiger partial charge in [-0.05, 0) is 47.7 Å². The number of carboxylic acid groups (broad SMARTS) is 1. The van der Waals surface area contributed by atoms with Gasteiger partial charge >= 0.3 is 5.97 Å². The number of halogens is 1. The average Bonchev–Trinajstić information content (AvgIpc) is 2.29. The Morgan fingerprint density at radius 3 is 2.47 bits per heavy atom. The number of aryl methyl sites for hydroxylation is 1. The van der Waals surface area contributed by atoms with Crippen molar-refractivity contribution in [3.63, 3.8) is 0 Å². The van der Waals surface area contributed by atoms with Crippen LogP contribution in [0.4, 0.5) is 0 Å². The van der Waals surface area contributed by atoms with Crippen LogP contribution in [0.25, 0.3) is 0 Å². The van der Waals surface area contributed by atoms with E-state index in [9.17, 15) is 4.79 Å². The van der Waals surface area contributed by atoms with E-state index in [2.05, 4.69) is 6.07 Å². The van der Waals surface area contributed by atoms with Crippen molar-refractivity contribution in [2.75, 3.05) is 0 Å². The van der Waals surface area contributed by atoms with Crippen molar-refractivity contribution in [3.8, 4) is 0 Å². The number of aliphatic carboxylic acids is 1. The van der Waals surface area contributed by atoms with Crippen molar-refractivity contribution in [2.24, 2.45) is 0 Å². The van der Waals surface area contributed by atoms with Crippen LogP contribution in [0, 0.1) is 6.92 Å². The highest BCUT2D eigenvalue weighted by Crippen LogP contribution is 2.20. The van der Waals surface area contributed by atoms with E-state index in [1.165, 1.54) is 0 Å². The van der Waals surface area contributed by atoms with Crippen LogP contribution >= 0.6 is 11.6 Å². The number of benzene rings is 2. The zero-order valence-electron chi connectivity index (χ0n) is 10.7. The van der Waals surface area contributed by atoms with E-state index in [4.69, 9.17) is 16.7 Å². The molecule has 0 heterocycles. The van der Waals surface area contributed by atoms with E-state index < -0.39 is 5.97 Å². The van der Waals surface area contributed by atoms with Gasteiger partial charge in [0.05, 0.1) is 6.42 Å². The summed E-state index contributed by atoms with van der Waals surface area (Å²) in [4.78, 5) is 10.9. The summed E-state index contributed by atoms with van der Waals surface area (Å²) in [5.74, 6) is -0.810. The molecular formula is C16H15ClO2. The second kappa shape index (κ2) is 5.89. The summed E-state index contributed by atoms with van der Waals surface area (Å²) in [5, 5.41) is 9.64. The number of carbonyl (C=O) groups is 1. The Morgan fingerprint density at radius 2 is 1.84 bits per heavy atom. The molecule has 3 heteroatoms. The molecule has 0 saturated heterocycles. The van der Waals surface area contributed by atoms with Crippen molar-refractivity contribution in [1.29, 1.82) is 0 Å². The molecule has 0 aliphatic carbocycles. The Labute approximate surface area is 117 Å². The van der Waals surface area contributed by atoms with Crippen LogP contribution in [0.1, 0.15) is 22.3 Å². The van der Waals surface area contributed by atoms with Gasteiger partial charge in [0.25, 0.3) is 0 Å². The lowest BCUT2D eigenvalue weighted by Gasteiger charge is -2.09. The molecule has 2 rings (SSSR count). The molecule has 0 aliphatic rings. The summed E-state index contributed by atoms with van der Waals surface area (Å²) in [6, 6.07) is 13.5. The van der Waals surface area contributed by atoms with Crippen LogP contribution in [-0.2, 0) is 17.6 Å². The molecule has 0 saturated carbocycles.